The Balaban J connectivity index is 1.60. The van der Waals surface area contributed by atoms with Crippen LogP contribution >= 0.6 is 0 Å². The van der Waals surface area contributed by atoms with Crippen LogP contribution in [-0.4, -0.2) is 47.2 Å². The van der Waals surface area contributed by atoms with Gasteiger partial charge in [0.25, 0.3) is 5.91 Å². The van der Waals surface area contributed by atoms with E-state index in [9.17, 15) is 4.79 Å². The van der Waals surface area contributed by atoms with Crippen LogP contribution in [0.4, 0.5) is 0 Å². The molecule has 1 aromatic heterocycles. The molecule has 0 radical (unpaired) electrons. The van der Waals surface area contributed by atoms with Gasteiger partial charge in [-0.3, -0.25) is 9.89 Å². The number of aromatic nitrogens is 2. The minimum absolute atomic E-state index is 0.0570. The highest BCUT2D eigenvalue weighted by Gasteiger charge is 2.24. The summed E-state index contributed by atoms with van der Waals surface area (Å²) in [6.45, 7) is 5.85. The van der Waals surface area contributed by atoms with Gasteiger partial charge in [0.15, 0.2) is 0 Å². The van der Waals surface area contributed by atoms with Gasteiger partial charge in [0.2, 0.25) is 0 Å². The third-order valence-corrected chi connectivity index (χ3v) is 4.46. The highest BCUT2D eigenvalue weighted by molar-refractivity contribution is 5.93. The predicted molar refractivity (Wildman–Crippen MR) is 91.2 cm³/mol. The normalized spacial score (nSPS) is 15.8. The fourth-order valence-electron chi connectivity index (χ4n) is 3.05. The van der Waals surface area contributed by atoms with E-state index < -0.39 is 0 Å². The molecule has 0 bridgehead atoms. The van der Waals surface area contributed by atoms with Crippen LogP contribution in [0.2, 0.25) is 0 Å². The Morgan fingerprint density at radius 2 is 2.04 bits per heavy atom. The van der Waals surface area contributed by atoms with Crippen LogP contribution in [0.3, 0.4) is 0 Å². The Kier molecular flexibility index (Phi) is 5.08. The number of aromatic amines is 1. The molecule has 2 N–H and O–H groups in total. The number of carbonyl (C=O) groups is 1. The number of nitrogens with one attached hydrogen (secondary N) is 2. The molecule has 2 aromatic rings. The molecule has 5 nitrogen and oxygen atoms in total. The van der Waals surface area contributed by atoms with Crippen molar-refractivity contribution in [3.63, 3.8) is 0 Å². The third-order valence-electron chi connectivity index (χ3n) is 4.46. The third kappa shape index (κ3) is 3.79. The van der Waals surface area contributed by atoms with Crippen molar-refractivity contribution in [3.05, 3.63) is 42.1 Å². The Bertz CT molecular complexity index is 629. The number of likely N-dealkylation sites (tertiary alicyclic amines) is 1. The van der Waals surface area contributed by atoms with E-state index in [4.69, 9.17) is 0 Å². The predicted octanol–water partition coefficient (Wildman–Crippen LogP) is 2.54. The molecule has 122 valence electrons. The van der Waals surface area contributed by atoms with Gasteiger partial charge in [-0.2, -0.15) is 5.10 Å². The molecule has 3 rings (SSSR count). The lowest BCUT2D eigenvalue weighted by molar-refractivity contribution is 0.0684. The maximum atomic E-state index is 12.6. The summed E-state index contributed by atoms with van der Waals surface area (Å²) in [6, 6.07) is 11.8. The molecule has 23 heavy (non-hydrogen) atoms. The summed E-state index contributed by atoms with van der Waals surface area (Å²) in [5, 5.41) is 10.6. The van der Waals surface area contributed by atoms with E-state index in [1.165, 1.54) is 0 Å². The molecule has 1 aromatic carbocycles. The van der Waals surface area contributed by atoms with Gasteiger partial charge in [-0.1, -0.05) is 37.3 Å². The van der Waals surface area contributed by atoms with Crippen LogP contribution in [0.25, 0.3) is 11.3 Å². The van der Waals surface area contributed by atoms with Crippen LogP contribution in [0, 0.1) is 5.92 Å². The smallest absolute Gasteiger partial charge is 0.271 e. The van der Waals surface area contributed by atoms with E-state index >= 15 is 0 Å². The van der Waals surface area contributed by atoms with E-state index in [-0.39, 0.29) is 5.91 Å². The molecule has 1 saturated heterocycles. The van der Waals surface area contributed by atoms with Gasteiger partial charge >= 0.3 is 0 Å². The highest BCUT2D eigenvalue weighted by atomic mass is 16.2. The minimum atomic E-state index is 0.0570. The summed E-state index contributed by atoms with van der Waals surface area (Å²) in [7, 11) is 0. The number of rotatable bonds is 5. The summed E-state index contributed by atoms with van der Waals surface area (Å²) in [5.74, 6) is 0.738. The second kappa shape index (κ2) is 7.42. The lowest BCUT2D eigenvalue weighted by atomic mass is 9.96. The van der Waals surface area contributed by atoms with Crippen LogP contribution in [0.5, 0.6) is 0 Å². The Morgan fingerprint density at radius 3 is 2.74 bits per heavy atom. The molecule has 1 aliphatic heterocycles. The maximum Gasteiger partial charge on any atom is 0.271 e. The molecule has 1 amide bonds. The van der Waals surface area contributed by atoms with Gasteiger partial charge in [0, 0.05) is 18.7 Å². The number of hydrogen-bond acceptors (Lipinski definition) is 3. The van der Waals surface area contributed by atoms with E-state index in [1.54, 1.807) is 0 Å². The molecule has 1 aliphatic rings. The number of amides is 1. The Morgan fingerprint density at radius 1 is 1.30 bits per heavy atom. The number of H-pyrrole nitrogens is 1. The molecule has 0 unspecified atom stereocenters. The van der Waals surface area contributed by atoms with Crippen molar-refractivity contribution in [2.24, 2.45) is 5.92 Å². The van der Waals surface area contributed by atoms with Crippen molar-refractivity contribution >= 4 is 5.91 Å². The van der Waals surface area contributed by atoms with Crippen LogP contribution in [0.15, 0.2) is 36.4 Å². The topological polar surface area (TPSA) is 61.0 Å². The van der Waals surface area contributed by atoms with E-state index in [0.29, 0.717) is 11.6 Å². The molecule has 1 fully saturated rings. The maximum absolute atomic E-state index is 12.6. The molecular weight excluding hydrogens is 288 g/mol. The first-order chi connectivity index (χ1) is 11.3. The fourth-order valence-corrected chi connectivity index (χ4v) is 3.05. The van der Waals surface area contributed by atoms with Crippen molar-refractivity contribution in [2.75, 3.05) is 26.2 Å². The van der Waals surface area contributed by atoms with Gasteiger partial charge < -0.3 is 10.2 Å². The van der Waals surface area contributed by atoms with Gasteiger partial charge in [0.05, 0.1) is 5.69 Å². The summed E-state index contributed by atoms with van der Waals surface area (Å²) in [5.41, 5.74) is 2.41. The Labute approximate surface area is 137 Å². The number of nitrogens with zero attached hydrogens (tertiary/aromatic N) is 2. The minimum Gasteiger partial charge on any atom is -0.337 e. The van der Waals surface area contributed by atoms with Gasteiger partial charge in [0.1, 0.15) is 5.69 Å². The molecule has 0 aliphatic carbocycles. The first-order valence-corrected chi connectivity index (χ1v) is 8.38. The fraction of sp³-hybridized carbons (Fsp3) is 0.444. The number of piperidine rings is 1. The zero-order valence-corrected chi connectivity index (χ0v) is 13.6. The molecule has 2 heterocycles. The standard InChI is InChI=1S/C18H24N4O/c1-2-19-13-14-8-10-22(11-9-14)18(23)17-12-16(20-21-17)15-6-4-3-5-7-15/h3-7,12,14,19H,2,8-11,13H2,1H3,(H,20,21). The SMILES string of the molecule is CCNCC1CCN(C(=O)c2cc(-c3ccccc3)n[nH]2)CC1. The summed E-state index contributed by atoms with van der Waals surface area (Å²) in [4.78, 5) is 14.5. The van der Waals surface area contributed by atoms with Crippen molar-refractivity contribution < 1.29 is 4.79 Å². The summed E-state index contributed by atoms with van der Waals surface area (Å²) >= 11 is 0. The molecule has 0 saturated carbocycles. The van der Waals surface area contributed by atoms with Crippen molar-refractivity contribution in [2.45, 2.75) is 19.8 Å². The zero-order chi connectivity index (χ0) is 16.1. The second-order valence-electron chi connectivity index (χ2n) is 6.08. The van der Waals surface area contributed by atoms with Crippen LogP contribution in [0.1, 0.15) is 30.3 Å². The van der Waals surface area contributed by atoms with Crippen LogP contribution < -0.4 is 5.32 Å². The molecular formula is C18H24N4O. The van der Waals surface area contributed by atoms with Crippen molar-refractivity contribution in [3.8, 4) is 11.3 Å². The van der Waals surface area contributed by atoms with Crippen molar-refractivity contribution in [1.29, 1.82) is 0 Å². The quantitative estimate of drug-likeness (QED) is 0.892. The number of benzene rings is 1. The zero-order valence-electron chi connectivity index (χ0n) is 13.6. The first-order valence-electron chi connectivity index (χ1n) is 8.38. The van der Waals surface area contributed by atoms with E-state index in [1.807, 2.05) is 41.3 Å². The number of hydrogen-bond donors (Lipinski definition) is 2. The lowest BCUT2D eigenvalue weighted by Gasteiger charge is -2.31. The monoisotopic (exact) mass is 312 g/mol. The lowest BCUT2D eigenvalue weighted by Crippen LogP contribution is -2.40. The molecule has 0 spiro atoms. The highest BCUT2D eigenvalue weighted by Crippen LogP contribution is 2.21. The summed E-state index contributed by atoms with van der Waals surface area (Å²) < 4.78 is 0. The molecule has 5 heteroatoms. The number of carbonyl (C=O) groups excluding carboxylic acids is 1. The largest absolute Gasteiger partial charge is 0.337 e. The summed E-state index contributed by atoms with van der Waals surface area (Å²) in [6.07, 6.45) is 2.14. The average molecular weight is 312 g/mol. The van der Waals surface area contributed by atoms with Crippen molar-refractivity contribution in [1.82, 2.24) is 20.4 Å². The van der Waals surface area contributed by atoms with Gasteiger partial charge in [-0.25, -0.2) is 0 Å². The first kappa shape index (κ1) is 15.7. The second-order valence-corrected chi connectivity index (χ2v) is 6.08. The van der Waals surface area contributed by atoms with E-state index in [2.05, 4.69) is 22.4 Å². The van der Waals surface area contributed by atoms with Gasteiger partial charge in [-0.15, -0.1) is 0 Å². The van der Waals surface area contributed by atoms with Crippen LogP contribution in [-0.2, 0) is 0 Å². The van der Waals surface area contributed by atoms with Gasteiger partial charge in [-0.05, 0) is 37.9 Å². The van der Waals surface area contributed by atoms with E-state index in [0.717, 1.165) is 50.3 Å². The Hall–Kier alpha value is -2.14. The molecule has 0 atom stereocenters. The average Bonchev–Trinajstić information content (AvgIpc) is 3.11.